The first-order valence-corrected chi connectivity index (χ1v) is 10.4. The largest absolute Gasteiger partial charge is 0.496 e. The molecule has 0 radical (unpaired) electrons. The van der Waals surface area contributed by atoms with Crippen LogP contribution >= 0.6 is 0 Å². The Labute approximate surface area is 197 Å². The van der Waals surface area contributed by atoms with Gasteiger partial charge in [0.25, 0.3) is 0 Å². The average Bonchev–Trinajstić information content (AvgIpc) is 2.81. The zero-order valence-corrected chi connectivity index (χ0v) is 19.1. The summed E-state index contributed by atoms with van der Waals surface area (Å²) in [6, 6.07) is 10.2. The number of esters is 2. The Hall–Kier alpha value is -4.39. The van der Waals surface area contributed by atoms with E-state index in [1.807, 2.05) is 13.8 Å². The van der Waals surface area contributed by atoms with Gasteiger partial charge in [-0.3, -0.25) is 4.79 Å². The maximum Gasteiger partial charge on any atom is 0.336 e. The first-order valence-electron chi connectivity index (χ1n) is 10.4. The van der Waals surface area contributed by atoms with Crippen LogP contribution in [0.25, 0.3) is 6.08 Å². The van der Waals surface area contributed by atoms with Gasteiger partial charge < -0.3 is 18.9 Å². The maximum atomic E-state index is 13.1. The van der Waals surface area contributed by atoms with Gasteiger partial charge >= 0.3 is 11.9 Å². The molecule has 0 atom stereocenters. The lowest BCUT2D eigenvalue weighted by atomic mass is 9.97. The minimum atomic E-state index is -0.740. The molecule has 34 heavy (non-hydrogen) atoms. The number of ketones is 1. The van der Waals surface area contributed by atoms with Gasteiger partial charge in [-0.15, -0.1) is 0 Å². The number of carbonyl (C=O) groups excluding carboxylic acids is 3. The molecule has 0 unspecified atom stereocenters. The van der Waals surface area contributed by atoms with Crippen LogP contribution in [0.1, 0.15) is 29.8 Å². The molecule has 0 spiro atoms. The predicted molar refractivity (Wildman–Crippen MR) is 127 cm³/mol. The molecule has 0 fully saturated rings. The number of ether oxygens (including phenoxy) is 4. The van der Waals surface area contributed by atoms with Gasteiger partial charge in [0.15, 0.2) is 11.5 Å². The Bertz CT molecular complexity index is 1200. The Balaban J connectivity index is 1.89. The van der Waals surface area contributed by atoms with E-state index in [-0.39, 0.29) is 17.1 Å². The third-order valence-corrected chi connectivity index (χ3v) is 4.66. The van der Waals surface area contributed by atoms with Gasteiger partial charge in [-0.1, -0.05) is 36.9 Å². The minimum Gasteiger partial charge on any atom is -0.496 e. The van der Waals surface area contributed by atoms with Crippen LogP contribution in [0.2, 0.25) is 0 Å². The van der Waals surface area contributed by atoms with Crippen molar-refractivity contribution in [2.45, 2.75) is 19.4 Å². The number of rotatable bonds is 8. The van der Waals surface area contributed by atoms with E-state index in [1.54, 1.807) is 48.6 Å². The van der Waals surface area contributed by atoms with Crippen LogP contribution in [-0.4, -0.2) is 30.4 Å². The fourth-order valence-corrected chi connectivity index (χ4v) is 3.11. The second kappa shape index (κ2) is 10.5. The van der Waals surface area contributed by atoms with Gasteiger partial charge in [0.05, 0.1) is 12.7 Å². The predicted octanol–water partition coefficient (Wildman–Crippen LogP) is 4.87. The molecular weight excluding hydrogens is 436 g/mol. The number of methoxy groups -OCH3 is 1. The summed E-state index contributed by atoms with van der Waals surface area (Å²) in [6.07, 6.45) is 9.66. The number of benzene rings is 2. The number of para-hydroxylation sites is 1. The summed E-state index contributed by atoms with van der Waals surface area (Å²) in [6.45, 7) is 7.14. The summed E-state index contributed by atoms with van der Waals surface area (Å²) in [5, 5.41) is 0. The smallest absolute Gasteiger partial charge is 0.336 e. The van der Waals surface area contributed by atoms with Crippen LogP contribution in [0.15, 0.2) is 79.4 Å². The minimum absolute atomic E-state index is 0.00637. The van der Waals surface area contributed by atoms with Crippen molar-refractivity contribution in [1.82, 2.24) is 0 Å². The summed E-state index contributed by atoms with van der Waals surface area (Å²) in [5.74, 6) is -0.878. The highest BCUT2D eigenvalue weighted by Gasteiger charge is 2.30. The van der Waals surface area contributed by atoms with Gasteiger partial charge in [0.2, 0.25) is 0 Å². The molecule has 174 valence electrons. The number of hydrogen-bond donors (Lipinski definition) is 0. The fourth-order valence-electron chi connectivity index (χ4n) is 3.11. The normalized spacial score (nSPS) is 13.7. The van der Waals surface area contributed by atoms with Gasteiger partial charge in [-0.2, -0.15) is 0 Å². The Morgan fingerprint density at radius 2 is 1.71 bits per heavy atom. The molecule has 0 saturated heterocycles. The zero-order chi connectivity index (χ0) is 24.7. The van der Waals surface area contributed by atoms with E-state index in [4.69, 9.17) is 18.9 Å². The lowest BCUT2D eigenvalue weighted by Crippen LogP contribution is -2.28. The van der Waals surface area contributed by atoms with Crippen LogP contribution in [0.4, 0.5) is 0 Å². The summed E-state index contributed by atoms with van der Waals surface area (Å²) < 4.78 is 21.9. The molecule has 7 heteroatoms. The molecule has 3 rings (SSSR count). The number of carbonyl (C=O) groups is 3. The number of allylic oxidation sites excluding steroid dienone is 3. The highest BCUT2D eigenvalue weighted by Crippen LogP contribution is 2.44. The van der Waals surface area contributed by atoms with E-state index in [0.717, 1.165) is 6.08 Å². The van der Waals surface area contributed by atoms with Crippen molar-refractivity contribution in [1.29, 1.82) is 0 Å². The average molecular weight is 460 g/mol. The molecule has 0 N–H and O–H groups in total. The lowest BCUT2D eigenvalue weighted by molar-refractivity contribution is -0.129. The van der Waals surface area contributed by atoms with E-state index in [2.05, 4.69) is 6.58 Å². The number of fused-ring (bicyclic) bond motifs is 1. The zero-order valence-electron chi connectivity index (χ0n) is 19.1. The van der Waals surface area contributed by atoms with Crippen LogP contribution < -0.4 is 18.9 Å². The molecule has 7 nitrogen and oxygen atoms in total. The first kappa shape index (κ1) is 24.3. The molecule has 0 saturated carbocycles. The maximum absolute atomic E-state index is 13.1. The lowest BCUT2D eigenvalue weighted by Gasteiger charge is -2.29. The molecule has 1 aliphatic heterocycles. The van der Waals surface area contributed by atoms with E-state index < -0.39 is 23.3 Å². The van der Waals surface area contributed by atoms with Crippen molar-refractivity contribution < 1.29 is 33.3 Å². The Morgan fingerprint density at radius 1 is 1.00 bits per heavy atom. The monoisotopic (exact) mass is 460 g/mol. The van der Waals surface area contributed by atoms with Crippen LogP contribution in [-0.2, 0) is 9.59 Å². The molecule has 0 amide bonds. The van der Waals surface area contributed by atoms with Crippen molar-refractivity contribution in [2.75, 3.05) is 7.11 Å². The molecule has 2 aromatic carbocycles. The van der Waals surface area contributed by atoms with Gasteiger partial charge in [-0.05, 0) is 44.2 Å². The van der Waals surface area contributed by atoms with Crippen LogP contribution in [0.3, 0.4) is 0 Å². The van der Waals surface area contributed by atoms with Crippen molar-refractivity contribution in [3.8, 4) is 23.0 Å². The Morgan fingerprint density at radius 3 is 2.38 bits per heavy atom. The van der Waals surface area contributed by atoms with Crippen molar-refractivity contribution in [2.24, 2.45) is 0 Å². The van der Waals surface area contributed by atoms with Crippen molar-refractivity contribution in [3.63, 3.8) is 0 Å². The summed E-state index contributed by atoms with van der Waals surface area (Å²) >= 11 is 0. The topological polar surface area (TPSA) is 88.1 Å². The second-order valence-electron chi connectivity index (χ2n) is 7.68. The quantitative estimate of drug-likeness (QED) is 0.183. The summed E-state index contributed by atoms with van der Waals surface area (Å²) in [5.41, 5.74) is -0.141. The molecule has 2 aromatic rings. The van der Waals surface area contributed by atoms with Gasteiger partial charge in [0.1, 0.15) is 28.4 Å². The highest BCUT2D eigenvalue weighted by molar-refractivity contribution is 6.10. The first-order chi connectivity index (χ1) is 16.2. The molecule has 1 heterocycles. The van der Waals surface area contributed by atoms with E-state index >= 15 is 0 Å². The molecule has 0 bridgehead atoms. The second-order valence-corrected chi connectivity index (χ2v) is 7.68. The fraction of sp³-hybridized carbons (Fsp3) is 0.148. The number of hydrogen-bond acceptors (Lipinski definition) is 7. The third kappa shape index (κ3) is 5.89. The third-order valence-electron chi connectivity index (χ3n) is 4.66. The van der Waals surface area contributed by atoms with E-state index in [1.165, 1.54) is 31.4 Å². The molecule has 0 aromatic heterocycles. The van der Waals surface area contributed by atoms with Gasteiger partial charge in [-0.25, -0.2) is 9.59 Å². The van der Waals surface area contributed by atoms with Crippen LogP contribution in [0.5, 0.6) is 23.0 Å². The van der Waals surface area contributed by atoms with E-state index in [0.29, 0.717) is 17.1 Å². The molecular formula is C27H24O7. The Kier molecular flexibility index (Phi) is 7.48. The highest BCUT2D eigenvalue weighted by atomic mass is 16.5. The van der Waals surface area contributed by atoms with E-state index in [9.17, 15) is 14.4 Å². The summed E-state index contributed by atoms with van der Waals surface area (Å²) in [7, 11) is 1.39. The molecule has 0 aliphatic carbocycles. The molecule has 1 aliphatic rings. The van der Waals surface area contributed by atoms with Crippen LogP contribution in [0, 0.1) is 0 Å². The standard InChI is InChI=1S/C27H24O7/c1-5-23(29)33-26-19-15-16-27(2,3)34-21(19)17-22(31-4)25(26)20(28)13-9-10-14-24(30)32-18-11-7-6-8-12-18/h5-17H,1H2,2-4H3/b13-9+,14-10+. The summed E-state index contributed by atoms with van der Waals surface area (Å²) in [4.78, 5) is 37.0. The van der Waals surface area contributed by atoms with Gasteiger partial charge in [0, 0.05) is 18.2 Å². The SMILES string of the molecule is C=CC(=O)Oc1c2c(cc(OC)c1C(=O)/C=C/C=C/C(=O)Oc1ccccc1)OC(C)(C)C=C2. The van der Waals surface area contributed by atoms with Crippen molar-refractivity contribution in [3.05, 3.63) is 90.6 Å². The van der Waals surface area contributed by atoms with Crippen molar-refractivity contribution >= 4 is 23.8 Å².